The van der Waals surface area contributed by atoms with E-state index < -0.39 is 0 Å². The van der Waals surface area contributed by atoms with Gasteiger partial charge >= 0.3 is 0 Å². The summed E-state index contributed by atoms with van der Waals surface area (Å²) in [6, 6.07) is 9.98. The second-order valence-electron chi connectivity index (χ2n) is 6.25. The van der Waals surface area contributed by atoms with Gasteiger partial charge in [0.2, 0.25) is 0 Å². The van der Waals surface area contributed by atoms with Crippen LogP contribution in [0.3, 0.4) is 0 Å². The monoisotopic (exact) mass is 281 g/mol. The third-order valence-electron chi connectivity index (χ3n) is 4.88. The SMILES string of the molecule is CCC1CCCCC1C(=O)c1cc(C)nc2ccccc12. The average Bonchev–Trinajstić information content (AvgIpc) is 2.53. The van der Waals surface area contributed by atoms with E-state index in [1.54, 1.807) is 0 Å². The van der Waals surface area contributed by atoms with Crippen LogP contribution in [-0.2, 0) is 0 Å². The lowest BCUT2D eigenvalue weighted by Crippen LogP contribution is -2.27. The summed E-state index contributed by atoms with van der Waals surface area (Å²) >= 11 is 0. The fourth-order valence-electron chi connectivity index (χ4n) is 3.75. The molecule has 2 nitrogen and oxygen atoms in total. The number of hydrogen-bond donors (Lipinski definition) is 0. The third-order valence-corrected chi connectivity index (χ3v) is 4.88. The first-order valence-electron chi connectivity index (χ1n) is 8.11. The third kappa shape index (κ3) is 2.72. The molecule has 1 aliphatic carbocycles. The van der Waals surface area contributed by atoms with E-state index in [0.717, 1.165) is 35.0 Å². The van der Waals surface area contributed by atoms with Crippen molar-refractivity contribution >= 4 is 16.7 Å². The standard InChI is InChI=1S/C19H23NO/c1-3-14-8-4-5-9-15(14)19(21)17-12-13(2)20-18-11-7-6-10-16(17)18/h6-7,10-12,14-15H,3-5,8-9H2,1-2H3. The number of nitrogens with zero attached hydrogens (tertiary/aromatic N) is 1. The van der Waals surface area contributed by atoms with Gasteiger partial charge in [-0.1, -0.05) is 44.4 Å². The Morgan fingerprint density at radius 2 is 2.00 bits per heavy atom. The number of para-hydroxylation sites is 1. The highest BCUT2D eigenvalue weighted by Crippen LogP contribution is 2.35. The minimum absolute atomic E-state index is 0.203. The quantitative estimate of drug-likeness (QED) is 0.746. The van der Waals surface area contributed by atoms with Gasteiger partial charge in [-0.3, -0.25) is 9.78 Å². The Labute approximate surface area is 126 Å². The molecular weight excluding hydrogens is 258 g/mol. The molecule has 110 valence electrons. The van der Waals surface area contributed by atoms with Gasteiger partial charge in [-0.25, -0.2) is 0 Å². The number of Topliss-reactive ketones (excluding diaryl/α,β-unsaturated/α-hetero) is 1. The van der Waals surface area contributed by atoms with E-state index in [2.05, 4.69) is 11.9 Å². The van der Waals surface area contributed by atoms with Gasteiger partial charge < -0.3 is 0 Å². The molecule has 2 unspecified atom stereocenters. The average molecular weight is 281 g/mol. The molecule has 0 spiro atoms. The normalized spacial score (nSPS) is 22.4. The Bertz CT molecular complexity index is 662. The number of carbonyl (C=O) groups excluding carboxylic acids is 1. The van der Waals surface area contributed by atoms with Gasteiger partial charge in [-0.05, 0) is 37.8 Å². The fourth-order valence-corrected chi connectivity index (χ4v) is 3.75. The summed E-state index contributed by atoms with van der Waals surface area (Å²) in [6.07, 6.45) is 5.83. The number of hydrogen-bond acceptors (Lipinski definition) is 2. The molecule has 0 bridgehead atoms. The number of benzene rings is 1. The van der Waals surface area contributed by atoms with Gasteiger partial charge in [0.25, 0.3) is 0 Å². The summed E-state index contributed by atoms with van der Waals surface area (Å²) in [4.78, 5) is 17.7. The summed E-state index contributed by atoms with van der Waals surface area (Å²) in [7, 11) is 0. The maximum Gasteiger partial charge on any atom is 0.166 e. The van der Waals surface area contributed by atoms with Crippen molar-refractivity contribution in [1.82, 2.24) is 4.98 Å². The molecule has 2 heteroatoms. The predicted octanol–water partition coefficient (Wildman–Crippen LogP) is 4.94. The molecule has 1 fully saturated rings. The lowest BCUT2D eigenvalue weighted by atomic mass is 9.74. The number of aromatic nitrogens is 1. The maximum atomic E-state index is 13.1. The van der Waals surface area contributed by atoms with Crippen LogP contribution in [0.4, 0.5) is 0 Å². The maximum absolute atomic E-state index is 13.1. The van der Waals surface area contributed by atoms with Gasteiger partial charge in [0, 0.05) is 22.6 Å². The summed E-state index contributed by atoms with van der Waals surface area (Å²) in [5.74, 6) is 1.09. The molecule has 21 heavy (non-hydrogen) atoms. The van der Waals surface area contributed by atoms with Crippen LogP contribution in [0.15, 0.2) is 30.3 Å². The van der Waals surface area contributed by atoms with Crippen LogP contribution in [0.2, 0.25) is 0 Å². The number of ketones is 1. The van der Waals surface area contributed by atoms with E-state index in [1.165, 1.54) is 19.3 Å². The molecule has 2 aromatic rings. The zero-order valence-corrected chi connectivity index (χ0v) is 12.9. The first-order valence-corrected chi connectivity index (χ1v) is 8.11. The lowest BCUT2D eigenvalue weighted by Gasteiger charge is -2.30. The van der Waals surface area contributed by atoms with Crippen LogP contribution in [0.5, 0.6) is 0 Å². The van der Waals surface area contributed by atoms with Crippen molar-refractivity contribution in [3.8, 4) is 0 Å². The van der Waals surface area contributed by atoms with Crippen LogP contribution < -0.4 is 0 Å². The number of fused-ring (bicyclic) bond motifs is 1. The van der Waals surface area contributed by atoms with Gasteiger partial charge in [0.05, 0.1) is 5.52 Å². The minimum atomic E-state index is 0.203. The van der Waals surface area contributed by atoms with Crippen molar-refractivity contribution in [1.29, 1.82) is 0 Å². The minimum Gasteiger partial charge on any atom is -0.294 e. The van der Waals surface area contributed by atoms with Crippen molar-refractivity contribution in [3.63, 3.8) is 0 Å². The molecule has 1 aromatic carbocycles. The molecule has 0 saturated heterocycles. The Morgan fingerprint density at radius 3 is 2.81 bits per heavy atom. The van der Waals surface area contributed by atoms with Crippen LogP contribution in [0.25, 0.3) is 10.9 Å². The van der Waals surface area contributed by atoms with E-state index >= 15 is 0 Å². The highest BCUT2D eigenvalue weighted by molar-refractivity contribution is 6.08. The molecule has 1 aromatic heterocycles. The van der Waals surface area contributed by atoms with Crippen molar-refractivity contribution in [2.24, 2.45) is 11.8 Å². The van der Waals surface area contributed by atoms with Crippen LogP contribution in [-0.4, -0.2) is 10.8 Å². The summed E-state index contributed by atoms with van der Waals surface area (Å²) in [6.45, 7) is 4.19. The topological polar surface area (TPSA) is 30.0 Å². The molecular formula is C19H23NO. The molecule has 1 saturated carbocycles. The second-order valence-corrected chi connectivity index (χ2v) is 6.25. The Balaban J connectivity index is 2.04. The summed E-state index contributed by atoms with van der Waals surface area (Å²) in [5.41, 5.74) is 2.74. The Hall–Kier alpha value is -1.70. The first kappa shape index (κ1) is 14.2. The van der Waals surface area contributed by atoms with Crippen LogP contribution in [0.1, 0.15) is 55.1 Å². The number of aryl methyl sites for hydroxylation is 1. The van der Waals surface area contributed by atoms with Crippen LogP contribution in [0, 0.1) is 18.8 Å². The van der Waals surface area contributed by atoms with Gasteiger partial charge in [-0.15, -0.1) is 0 Å². The van der Waals surface area contributed by atoms with Crippen molar-refractivity contribution in [2.45, 2.75) is 46.0 Å². The highest BCUT2D eigenvalue weighted by Gasteiger charge is 2.31. The van der Waals surface area contributed by atoms with Crippen molar-refractivity contribution in [2.75, 3.05) is 0 Å². The second kappa shape index (κ2) is 5.97. The smallest absolute Gasteiger partial charge is 0.166 e. The molecule has 0 radical (unpaired) electrons. The van der Waals surface area contributed by atoms with Gasteiger partial charge in [-0.2, -0.15) is 0 Å². The van der Waals surface area contributed by atoms with E-state index in [0.29, 0.717) is 11.7 Å². The number of rotatable bonds is 3. The Morgan fingerprint density at radius 1 is 1.24 bits per heavy atom. The number of pyridine rings is 1. The van der Waals surface area contributed by atoms with E-state index in [4.69, 9.17) is 0 Å². The summed E-state index contributed by atoms with van der Waals surface area (Å²) in [5, 5.41) is 1.01. The predicted molar refractivity (Wildman–Crippen MR) is 86.5 cm³/mol. The highest BCUT2D eigenvalue weighted by atomic mass is 16.1. The summed E-state index contributed by atoms with van der Waals surface area (Å²) < 4.78 is 0. The van der Waals surface area contributed by atoms with E-state index in [9.17, 15) is 4.79 Å². The first-order chi connectivity index (χ1) is 10.2. The van der Waals surface area contributed by atoms with E-state index in [1.807, 2.05) is 37.3 Å². The molecule has 2 atom stereocenters. The molecule has 1 aliphatic rings. The molecule has 3 rings (SSSR count). The fraction of sp³-hybridized carbons (Fsp3) is 0.474. The molecule has 0 aliphatic heterocycles. The van der Waals surface area contributed by atoms with Gasteiger partial charge in [0.15, 0.2) is 5.78 Å². The number of carbonyl (C=O) groups is 1. The van der Waals surface area contributed by atoms with Crippen molar-refractivity contribution in [3.05, 3.63) is 41.6 Å². The molecule has 0 amide bonds. The zero-order chi connectivity index (χ0) is 14.8. The van der Waals surface area contributed by atoms with E-state index in [-0.39, 0.29) is 5.92 Å². The molecule has 1 heterocycles. The largest absolute Gasteiger partial charge is 0.294 e. The molecule has 0 N–H and O–H groups in total. The van der Waals surface area contributed by atoms with Gasteiger partial charge in [0.1, 0.15) is 0 Å². The lowest BCUT2D eigenvalue weighted by molar-refractivity contribution is 0.0822. The van der Waals surface area contributed by atoms with Crippen molar-refractivity contribution < 1.29 is 4.79 Å². The zero-order valence-electron chi connectivity index (χ0n) is 12.9. The Kier molecular flexibility index (Phi) is 4.05. The van der Waals surface area contributed by atoms with Crippen LogP contribution >= 0.6 is 0 Å².